The highest BCUT2D eigenvalue weighted by Crippen LogP contribution is 2.14. The molecule has 150 valence electrons. The molecule has 0 atom stereocenters. The quantitative estimate of drug-likeness (QED) is 0.653. The van der Waals surface area contributed by atoms with E-state index in [1.807, 2.05) is 32.0 Å². The van der Waals surface area contributed by atoms with Crippen molar-refractivity contribution in [3.05, 3.63) is 64.5 Å². The number of hydrogen-bond acceptors (Lipinski definition) is 7. The van der Waals surface area contributed by atoms with E-state index in [1.165, 1.54) is 0 Å². The molecule has 8 heteroatoms. The van der Waals surface area contributed by atoms with Crippen LogP contribution in [0.5, 0.6) is 0 Å². The Morgan fingerprint density at radius 3 is 2.41 bits per heavy atom. The number of rotatable bonds is 5. The van der Waals surface area contributed by atoms with E-state index in [4.69, 9.17) is 0 Å². The van der Waals surface area contributed by atoms with Gasteiger partial charge in [-0.25, -0.2) is 14.6 Å². The van der Waals surface area contributed by atoms with E-state index in [0.29, 0.717) is 6.54 Å². The van der Waals surface area contributed by atoms with Crippen LogP contribution >= 0.6 is 0 Å². The minimum absolute atomic E-state index is 0.0834. The van der Waals surface area contributed by atoms with Crippen LogP contribution < -0.4 is 10.5 Å². The Kier molecular flexibility index (Phi) is 5.62. The van der Waals surface area contributed by atoms with Crippen LogP contribution in [0.1, 0.15) is 11.4 Å². The van der Waals surface area contributed by atoms with Gasteiger partial charge in [0.1, 0.15) is 0 Å². The highest BCUT2D eigenvalue weighted by atomic mass is 16.1. The third-order valence-electron chi connectivity index (χ3n) is 5.08. The summed E-state index contributed by atoms with van der Waals surface area (Å²) >= 11 is 0. The molecule has 0 aliphatic carbocycles. The molecule has 1 saturated heterocycles. The number of anilines is 1. The van der Waals surface area contributed by atoms with Crippen molar-refractivity contribution in [2.24, 2.45) is 0 Å². The van der Waals surface area contributed by atoms with E-state index in [1.54, 1.807) is 29.2 Å². The van der Waals surface area contributed by atoms with Crippen LogP contribution in [0.25, 0.3) is 11.3 Å². The number of nitrogens with zero attached hydrogens (tertiary/aromatic N) is 7. The van der Waals surface area contributed by atoms with Gasteiger partial charge < -0.3 is 4.90 Å². The molecule has 0 amide bonds. The Morgan fingerprint density at radius 2 is 1.72 bits per heavy atom. The standard InChI is InChI=1S/C21H25N7O/c1-16-14-17(2)24-21(23-16)27-11-8-26(9-12-27)10-13-28-20(29)6-5-19(25-28)18-4-3-7-22-15-18/h3-7,14-15H,8-13H2,1-2H3. The zero-order valence-corrected chi connectivity index (χ0v) is 16.8. The molecule has 0 N–H and O–H groups in total. The molecular formula is C21H25N7O. The second kappa shape index (κ2) is 8.48. The molecule has 1 aliphatic rings. The van der Waals surface area contributed by atoms with E-state index < -0.39 is 0 Å². The van der Waals surface area contributed by atoms with Gasteiger partial charge in [-0.15, -0.1) is 0 Å². The fraction of sp³-hybridized carbons (Fsp3) is 0.381. The zero-order valence-electron chi connectivity index (χ0n) is 16.8. The first-order valence-electron chi connectivity index (χ1n) is 9.87. The average molecular weight is 391 g/mol. The lowest BCUT2D eigenvalue weighted by Gasteiger charge is -2.34. The number of hydrogen-bond donors (Lipinski definition) is 0. The first kappa shape index (κ1) is 19.2. The summed E-state index contributed by atoms with van der Waals surface area (Å²) in [5.74, 6) is 0.809. The molecule has 3 aromatic heterocycles. The Balaban J connectivity index is 1.36. The van der Waals surface area contributed by atoms with Gasteiger partial charge in [-0.3, -0.25) is 14.7 Å². The predicted octanol–water partition coefficient (Wildman–Crippen LogP) is 1.53. The van der Waals surface area contributed by atoms with Gasteiger partial charge in [-0.2, -0.15) is 5.10 Å². The summed E-state index contributed by atoms with van der Waals surface area (Å²) in [6.07, 6.45) is 3.48. The molecule has 1 fully saturated rings. The van der Waals surface area contributed by atoms with Crippen LogP contribution in [0.3, 0.4) is 0 Å². The molecule has 4 heterocycles. The maximum atomic E-state index is 12.2. The fourth-order valence-corrected chi connectivity index (χ4v) is 3.53. The molecule has 0 unspecified atom stereocenters. The number of aromatic nitrogens is 5. The van der Waals surface area contributed by atoms with Crippen molar-refractivity contribution in [2.45, 2.75) is 20.4 Å². The van der Waals surface area contributed by atoms with Gasteiger partial charge in [0.2, 0.25) is 5.95 Å². The molecule has 0 saturated carbocycles. The Morgan fingerprint density at radius 1 is 0.966 bits per heavy atom. The molecule has 0 bridgehead atoms. The minimum atomic E-state index is -0.0834. The third kappa shape index (κ3) is 4.65. The normalized spacial score (nSPS) is 14.9. The summed E-state index contributed by atoms with van der Waals surface area (Å²) in [7, 11) is 0. The molecule has 0 aromatic carbocycles. The smallest absolute Gasteiger partial charge is 0.266 e. The van der Waals surface area contributed by atoms with Gasteiger partial charge in [0.25, 0.3) is 5.56 Å². The zero-order chi connectivity index (χ0) is 20.2. The highest BCUT2D eigenvalue weighted by Gasteiger charge is 2.19. The summed E-state index contributed by atoms with van der Waals surface area (Å²) in [4.78, 5) is 30.0. The molecule has 29 heavy (non-hydrogen) atoms. The van der Waals surface area contributed by atoms with Gasteiger partial charge in [-0.05, 0) is 38.1 Å². The van der Waals surface area contributed by atoms with Crippen LogP contribution in [-0.2, 0) is 6.54 Å². The second-order valence-corrected chi connectivity index (χ2v) is 7.30. The molecule has 8 nitrogen and oxygen atoms in total. The molecular weight excluding hydrogens is 366 g/mol. The summed E-state index contributed by atoms with van der Waals surface area (Å²) in [5, 5.41) is 4.52. The molecule has 0 radical (unpaired) electrons. The first-order chi connectivity index (χ1) is 14.1. The van der Waals surface area contributed by atoms with Crippen molar-refractivity contribution < 1.29 is 0 Å². The lowest BCUT2D eigenvalue weighted by atomic mass is 10.2. The van der Waals surface area contributed by atoms with Crippen LogP contribution in [0.4, 0.5) is 5.95 Å². The lowest BCUT2D eigenvalue weighted by Crippen LogP contribution is -2.48. The largest absolute Gasteiger partial charge is 0.338 e. The SMILES string of the molecule is Cc1cc(C)nc(N2CCN(CCn3nc(-c4cccnc4)ccc3=O)CC2)n1. The van der Waals surface area contributed by atoms with E-state index in [9.17, 15) is 4.79 Å². The first-order valence-corrected chi connectivity index (χ1v) is 9.87. The van der Waals surface area contributed by atoms with Crippen LogP contribution in [-0.4, -0.2) is 62.4 Å². The topological polar surface area (TPSA) is 80.0 Å². The number of pyridine rings is 1. The summed E-state index contributed by atoms with van der Waals surface area (Å²) in [5.41, 5.74) is 3.57. The van der Waals surface area contributed by atoms with E-state index in [2.05, 4.69) is 29.9 Å². The Bertz CT molecular complexity index is 1010. The van der Waals surface area contributed by atoms with Crippen molar-refractivity contribution in [3.63, 3.8) is 0 Å². The van der Waals surface area contributed by atoms with Crippen LogP contribution in [0, 0.1) is 13.8 Å². The Labute approximate surface area is 169 Å². The van der Waals surface area contributed by atoms with Crippen molar-refractivity contribution in [1.82, 2.24) is 29.6 Å². The average Bonchev–Trinajstić information content (AvgIpc) is 2.73. The Hall–Kier alpha value is -3.13. The summed E-state index contributed by atoms with van der Waals surface area (Å²) in [6, 6.07) is 9.12. The fourth-order valence-electron chi connectivity index (χ4n) is 3.53. The van der Waals surface area contributed by atoms with Crippen molar-refractivity contribution in [1.29, 1.82) is 0 Å². The minimum Gasteiger partial charge on any atom is -0.338 e. The maximum absolute atomic E-state index is 12.2. The van der Waals surface area contributed by atoms with Gasteiger partial charge in [-0.1, -0.05) is 0 Å². The van der Waals surface area contributed by atoms with Crippen molar-refractivity contribution in [2.75, 3.05) is 37.6 Å². The van der Waals surface area contributed by atoms with E-state index in [0.717, 1.165) is 61.3 Å². The van der Waals surface area contributed by atoms with Gasteiger partial charge >= 0.3 is 0 Å². The molecule has 1 aliphatic heterocycles. The van der Waals surface area contributed by atoms with Crippen LogP contribution in [0.2, 0.25) is 0 Å². The van der Waals surface area contributed by atoms with Gasteiger partial charge in [0.15, 0.2) is 0 Å². The second-order valence-electron chi connectivity index (χ2n) is 7.30. The number of piperazine rings is 1. The molecule has 0 spiro atoms. The molecule has 3 aromatic rings. The van der Waals surface area contributed by atoms with Crippen molar-refractivity contribution in [3.8, 4) is 11.3 Å². The predicted molar refractivity (Wildman–Crippen MR) is 112 cm³/mol. The van der Waals surface area contributed by atoms with Crippen LogP contribution in [0.15, 0.2) is 47.5 Å². The van der Waals surface area contributed by atoms with Gasteiger partial charge in [0.05, 0.1) is 12.2 Å². The van der Waals surface area contributed by atoms with E-state index >= 15 is 0 Å². The summed E-state index contributed by atoms with van der Waals surface area (Å²) in [6.45, 7) is 8.91. The summed E-state index contributed by atoms with van der Waals surface area (Å²) < 4.78 is 1.54. The molecule has 4 rings (SSSR count). The lowest BCUT2D eigenvalue weighted by molar-refractivity contribution is 0.242. The van der Waals surface area contributed by atoms with Crippen molar-refractivity contribution >= 4 is 5.95 Å². The monoisotopic (exact) mass is 391 g/mol. The number of aryl methyl sites for hydroxylation is 2. The maximum Gasteiger partial charge on any atom is 0.266 e. The third-order valence-corrected chi connectivity index (χ3v) is 5.08. The van der Waals surface area contributed by atoms with Gasteiger partial charge in [0, 0.05) is 68.1 Å². The van der Waals surface area contributed by atoms with E-state index in [-0.39, 0.29) is 5.56 Å². The highest BCUT2D eigenvalue weighted by molar-refractivity contribution is 5.56.